The minimum atomic E-state index is -0.932. The van der Waals surface area contributed by atoms with Gasteiger partial charge in [-0.2, -0.15) is 0 Å². The quantitative estimate of drug-likeness (QED) is 0.553. The fourth-order valence-corrected chi connectivity index (χ4v) is 0.505. The Kier molecular flexibility index (Phi) is 23.3. The summed E-state index contributed by atoms with van der Waals surface area (Å²) in [5.74, 6) is -0.932. The zero-order chi connectivity index (χ0) is 12.0. The standard InChI is InChI=1S/C8H10O2.2C2H6/c1-3-5-7(6-4-2)8(9)10;2*1-2/h3-6H,1H2,2H3,(H,9,10);2*1-2H3/b6-4-,7-5+;;. The number of carbonyl (C=O) groups is 1. The van der Waals surface area contributed by atoms with E-state index in [0.717, 1.165) is 0 Å². The van der Waals surface area contributed by atoms with E-state index < -0.39 is 5.97 Å². The van der Waals surface area contributed by atoms with Gasteiger partial charge in [-0.3, -0.25) is 0 Å². The van der Waals surface area contributed by atoms with Gasteiger partial charge in [0.15, 0.2) is 0 Å². The van der Waals surface area contributed by atoms with Gasteiger partial charge >= 0.3 is 5.97 Å². The zero-order valence-corrected chi connectivity index (χ0v) is 9.87. The zero-order valence-electron chi connectivity index (χ0n) is 9.87. The van der Waals surface area contributed by atoms with Gasteiger partial charge in [0.1, 0.15) is 0 Å². The molecule has 0 aliphatic heterocycles. The Morgan fingerprint density at radius 3 is 1.86 bits per heavy atom. The molecule has 0 radical (unpaired) electrons. The van der Waals surface area contributed by atoms with E-state index in [1.165, 1.54) is 18.2 Å². The lowest BCUT2D eigenvalue weighted by atomic mass is 10.2. The molecule has 1 N–H and O–H groups in total. The van der Waals surface area contributed by atoms with Gasteiger partial charge in [-0.1, -0.05) is 52.5 Å². The van der Waals surface area contributed by atoms with Gasteiger partial charge in [-0.25, -0.2) is 4.79 Å². The Hall–Kier alpha value is -1.31. The molecule has 0 spiro atoms. The molecule has 0 unspecified atom stereocenters. The summed E-state index contributed by atoms with van der Waals surface area (Å²) in [6, 6.07) is 0. The van der Waals surface area contributed by atoms with Crippen LogP contribution < -0.4 is 0 Å². The van der Waals surface area contributed by atoms with E-state index in [-0.39, 0.29) is 5.57 Å². The summed E-state index contributed by atoms with van der Waals surface area (Å²) < 4.78 is 0. The van der Waals surface area contributed by atoms with Crippen molar-refractivity contribution in [1.29, 1.82) is 0 Å². The van der Waals surface area contributed by atoms with Crippen LogP contribution in [0.15, 0.2) is 36.5 Å². The van der Waals surface area contributed by atoms with Crippen LogP contribution in [0, 0.1) is 0 Å². The molecule has 2 nitrogen and oxygen atoms in total. The molecule has 0 amide bonds. The maximum atomic E-state index is 10.3. The Morgan fingerprint density at radius 1 is 1.21 bits per heavy atom. The number of hydrogen-bond acceptors (Lipinski definition) is 1. The molecule has 0 aromatic rings. The summed E-state index contributed by atoms with van der Waals surface area (Å²) >= 11 is 0. The second kappa shape index (κ2) is 17.7. The Labute approximate surface area is 87.7 Å². The van der Waals surface area contributed by atoms with Crippen LogP contribution in [0.5, 0.6) is 0 Å². The summed E-state index contributed by atoms with van der Waals surface area (Å²) in [5.41, 5.74) is 0.248. The van der Waals surface area contributed by atoms with Crippen molar-refractivity contribution in [2.75, 3.05) is 0 Å². The van der Waals surface area contributed by atoms with Crippen molar-refractivity contribution in [1.82, 2.24) is 0 Å². The van der Waals surface area contributed by atoms with Crippen molar-refractivity contribution in [3.05, 3.63) is 36.5 Å². The number of allylic oxidation sites excluding steroid dienone is 3. The minimum absolute atomic E-state index is 0.248. The third-order valence-electron chi connectivity index (χ3n) is 0.891. The predicted molar refractivity (Wildman–Crippen MR) is 63.4 cm³/mol. The van der Waals surface area contributed by atoms with Crippen LogP contribution >= 0.6 is 0 Å². The Balaban J connectivity index is -0.000000266. The molecule has 0 fully saturated rings. The fraction of sp³-hybridized carbons (Fsp3) is 0.417. The second-order valence-electron chi connectivity index (χ2n) is 1.66. The highest BCUT2D eigenvalue weighted by molar-refractivity contribution is 5.90. The molecule has 0 saturated carbocycles. The lowest BCUT2D eigenvalue weighted by Gasteiger charge is -1.89. The van der Waals surface area contributed by atoms with E-state index in [4.69, 9.17) is 5.11 Å². The summed E-state index contributed by atoms with van der Waals surface area (Å²) in [4.78, 5) is 10.3. The summed E-state index contributed by atoms with van der Waals surface area (Å²) in [5, 5.41) is 8.47. The molecule has 2 heteroatoms. The van der Waals surface area contributed by atoms with Crippen LogP contribution in [-0.2, 0) is 4.79 Å². The fourth-order valence-electron chi connectivity index (χ4n) is 0.505. The Morgan fingerprint density at radius 2 is 1.64 bits per heavy atom. The Bertz CT molecular complexity index is 188. The molecule has 0 aliphatic carbocycles. The first kappa shape index (κ1) is 18.5. The normalized spacial score (nSPS) is 9.36. The number of hydrogen-bond donors (Lipinski definition) is 1. The van der Waals surface area contributed by atoms with Gasteiger partial charge < -0.3 is 5.11 Å². The summed E-state index contributed by atoms with van der Waals surface area (Å²) in [6.45, 7) is 13.2. The van der Waals surface area contributed by atoms with Crippen molar-refractivity contribution in [2.24, 2.45) is 0 Å². The van der Waals surface area contributed by atoms with Gasteiger partial charge in [0.25, 0.3) is 0 Å². The molecule has 0 aromatic heterocycles. The first-order valence-corrected chi connectivity index (χ1v) is 4.91. The van der Waals surface area contributed by atoms with Crippen LogP contribution in [0.25, 0.3) is 0 Å². The van der Waals surface area contributed by atoms with Crippen LogP contribution in [-0.4, -0.2) is 11.1 Å². The van der Waals surface area contributed by atoms with Crippen molar-refractivity contribution >= 4 is 5.97 Å². The van der Waals surface area contributed by atoms with Crippen LogP contribution in [0.2, 0.25) is 0 Å². The molecule has 0 aromatic carbocycles. The first-order valence-electron chi connectivity index (χ1n) is 4.91. The maximum Gasteiger partial charge on any atom is 0.335 e. The van der Waals surface area contributed by atoms with Gasteiger partial charge in [-0.05, 0) is 13.0 Å². The molecule has 0 bridgehead atoms. The maximum absolute atomic E-state index is 10.3. The van der Waals surface area contributed by atoms with Crippen molar-refractivity contribution in [3.8, 4) is 0 Å². The van der Waals surface area contributed by atoms with E-state index in [1.54, 1.807) is 13.0 Å². The average molecular weight is 198 g/mol. The van der Waals surface area contributed by atoms with E-state index in [1.807, 2.05) is 27.7 Å². The molecule has 0 aliphatic rings. The second-order valence-corrected chi connectivity index (χ2v) is 1.66. The first-order chi connectivity index (χ1) is 6.72. The third-order valence-corrected chi connectivity index (χ3v) is 0.891. The van der Waals surface area contributed by atoms with Gasteiger partial charge in [0.05, 0.1) is 5.57 Å². The van der Waals surface area contributed by atoms with E-state index >= 15 is 0 Å². The number of aliphatic carboxylic acids is 1. The van der Waals surface area contributed by atoms with E-state index in [0.29, 0.717) is 0 Å². The topological polar surface area (TPSA) is 37.3 Å². The van der Waals surface area contributed by atoms with E-state index in [2.05, 4.69) is 6.58 Å². The van der Waals surface area contributed by atoms with Gasteiger partial charge in [0, 0.05) is 0 Å². The highest BCUT2D eigenvalue weighted by atomic mass is 16.4. The third kappa shape index (κ3) is 13.3. The number of rotatable bonds is 3. The number of carboxylic acids is 1. The average Bonchev–Trinajstić information content (AvgIpc) is 2.23. The van der Waals surface area contributed by atoms with Gasteiger partial charge in [0.2, 0.25) is 0 Å². The minimum Gasteiger partial charge on any atom is -0.478 e. The van der Waals surface area contributed by atoms with Crippen LogP contribution in [0.3, 0.4) is 0 Å². The highest BCUT2D eigenvalue weighted by Crippen LogP contribution is 1.96. The summed E-state index contributed by atoms with van der Waals surface area (Å²) in [6.07, 6.45) is 6.08. The monoisotopic (exact) mass is 198 g/mol. The smallest absolute Gasteiger partial charge is 0.335 e. The van der Waals surface area contributed by atoms with Gasteiger partial charge in [-0.15, -0.1) is 0 Å². The van der Waals surface area contributed by atoms with Crippen molar-refractivity contribution in [3.63, 3.8) is 0 Å². The number of carboxylic acid groups (broad SMARTS) is 1. The molecule has 0 rings (SSSR count). The SMILES string of the molecule is C=C/C=C(\C=C/C)C(=O)O.CC.CC. The molecular weight excluding hydrogens is 176 g/mol. The lowest BCUT2D eigenvalue weighted by molar-refractivity contribution is -0.132. The lowest BCUT2D eigenvalue weighted by Crippen LogP contribution is -1.96. The largest absolute Gasteiger partial charge is 0.478 e. The molecule has 0 heterocycles. The molecule has 14 heavy (non-hydrogen) atoms. The van der Waals surface area contributed by atoms with E-state index in [9.17, 15) is 4.79 Å². The van der Waals surface area contributed by atoms with Crippen LogP contribution in [0.1, 0.15) is 34.6 Å². The molecule has 0 atom stereocenters. The molecular formula is C12H22O2. The molecule has 0 saturated heterocycles. The summed E-state index contributed by atoms with van der Waals surface area (Å²) in [7, 11) is 0. The predicted octanol–water partition coefficient (Wildman–Crippen LogP) is 3.81. The van der Waals surface area contributed by atoms with Crippen molar-refractivity contribution < 1.29 is 9.90 Å². The van der Waals surface area contributed by atoms with Crippen molar-refractivity contribution in [2.45, 2.75) is 34.6 Å². The van der Waals surface area contributed by atoms with Crippen LogP contribution in [0.4, 0.5) is 0 Å². The molecule has 82 valence electrons. The highest BCUT2D eigenvalue weighted by Gasteiger charge is 1.98.